The summed E-state index contributed by atoms with van der Waals surface area (Å²) in [5.41, 5.74) is 1.15. The van der Waals surface area contributed by atoms with Gasteiger partial charge in [-0.15, -0.1) is 0 Å². The molecule has 2 unspecified atom stereocenters. The van der Waals surface area contributed by atoms with Gasteiger partial charge >= 0.3 is 0 Å². The number of anilines is 1. The molecule has 2 aromatic heterocycles. The predicted octanol–water partition coefficient (Wildman–Crippen LogP) is 2.63. The summed E-state index contributed by atoms with van der Waals surface area (Å²) in [6.07, 6.45) is 8.38. The van der Waals surface area contributed by atoms with E-state index in [2.05, 4.69) is 20.9 Å². The molecule has 1 saturated carbocycles. The van der Waals surface area contributed by atoms with Crippen molar-refractivity contribution >= 4 is 11.7 Å². The van der Waals surface area contributed by atoms with E-state index in [-0.39, 0.29) is 24.6 Å². The normalized spacial score (nSPS) is 23.4. The molecule has 1 amide bonds. The van der Waals surface area contributed by atoms with E-state index in [0.29, 0.717) is 24.5 Å². The fourth-order valence-corrected chi connectivity index (χ4v) is 5.16. The molecule has 2 aliphatic heterocycles. The number of methoxy groups -OCH3 is 1. The molecular weight excluding hydrogens is 406 g/mol. The minimum Gasteiger partial charge on any atom is -0.481 e. The molecule has 0 aromatic carbocycles. The van der Waals surface area contributed by atoms with Gasteiger partial charge in [-0.05, 0) is 50.3 Å². The lowest BCUT2D eigenvalue weighted by Crippen LogP contribution is -2.56. The van der Waals surface area contributed by atoms with Crippen LogP contribution in [0.15, 0.2) is 36.7 Å². The van der Waals surface area contributed by atoms with Gasteiger partial charge in [-0.1, -0.05) is 0 Å². The SMILES string of the molecule is COc1ccc(C2(OCC(=O)N3CC4CCC(C3)N4c3ccc(C#N)cn3)CCC2)cn1. The number of rotatable bonds is 6. The van der Waals surface area contributed by atoms with E-state index in [1.165, 1.54) is 0 Å². The van der Waals surface area contributed by atoms with Crippen LogP contribution in [-0.4, -0.2) is 59.7 Å². The number of pyridine rings is 2. The second-order valence-corrected chi connectivity index (χ2v) is 8.83. The highest BCUT2D eigenvalue weighted by Crippen LogP contribution is 2.45. The molecule has 1 aliphatic carbocycles. The minimum atomic E-state index is -0.415. The maximum atomic E-state index is 13.1. The Kier molecular flexibility index (Phi) is 5.43. The number of piperazine rings is 1. The van der Waals surface area contributed by atoms with Crippen molar-refractivity contribution in [1.29, 1.82) is 5.26 Å². The molecule has 0 radical (unpaired) electrons. The number of nitrogens with zero attached hydrogens (tertiary/aromatic N) is 5. The predicted molar refractivity (Wildman–Crippen MR) is 117 cm³/mol. The molecular formula is C24H27N5O3. The largest absolute Gasteiger partial charge is 0.481 e. The third-order valence-corrected chi connectivity index (χ3v) is 7.08. The fraction of sp³-hybridized carbons (Fsp3) is 0.500. The smallest absolute Gasteiger partial charge is 0.248 e. The second kappa shape index (κ2) is 8.40. The van der Waals surface area contributed by atoms with Crippen LogP contribution in [0.2, 0.25) is 0 Å². The highest BCUT2D eigenvalue weighted by molar-refractivity contribution is 5.78. The molecule has 2 atom stereocenters. The molecule has 5 rings (SSSR count). The van der Waals surface area contributed by atoms with Crippen molar-refractivity contribution in [2.75, 3.05) is 31.7 Å². The van der Waals surface area contributed by atoms with Crippen LogP contribution in [-0.2, 0) is 15.1 Å². The lowest BCUT2D eigenvalue weighted by molar-refractivity contribution is -0.154. The highest BCUT2D eigenvalue weighted by atomic mass is 16.5. The van der Waals surface area contributed by atoms with Gasteiger partial charge in [-0.3, -0.25) is 4.79 Å². The van der Waals surface area contributed by atoms with E-state index in [1.807, 2.05) is 23.1 Å². The second-order valence-electron chi connectivity index (χ2n) is 8.83. The van der Waals surface area contributed by atoms with Crippen LogP contribution in [0.5, 0.6) is 5.88 Å². The van der Waals surface area contributed by atoms with Crippen LogP contribution in [0.3, 0.4) is 0 Å². The summed E-state index contributed by atoms with van der Waals surface area (Å²) in [6, 6.07) is 10.2. The summed E-state index contributed by atoms with van der Waals surface area (Å²) in [4.78, 5) is 26.1. The van der Waals surface area contributed by atoms with Crippen LogP contribution >= 0.6 is 0 Å². The van der Waals surface area contributed by atoms with Crippen molar-refractivity contribution in [1.82, 2.24) is 14.9 Å². The summed E-state index contributed by atoms with van der Waals surface area (Å²) in [6.45, 7) is 1.44. The van der Waals surface area contributed by atoms with E-state index >= 15 is 0 Å². The molecule has 8 heteroatoms. The molecule has 166 valence electrons. The van der Waals surface area contributed by atoms with Crippen molar-refractivity contribution in [3.8, 4) is 11.9 Å². The number of ether oxygens (including phenoxy) is 2. The van der Waals surface area contributed by atoms with Crippen LogP contribution < -0.4 is 9.64 Å². The highest BCUT2D eigenvalue weighted by Gasteiger charge is 2.44. The standard InChI is InChI=1S/C24H27N5O3/c1-31-22-8-4-18(13-27-22)24(9-2-10-24)32-16-23(30)28-14-19-5-6-20(15-28)29(19)21-7-3-17(11-25)12-26-21/h3-4,7-8,12-13,19-20H,2,5-6,9-10,14-16H2,1H3. The number of carbonyl (C=O) groups is 1. The van der Waals surface area contributed by atoms with Crippen LogP contribution in [0.1, 0.15) is 43.2 Å². The minimum absolute atomic E-state index is 0.0436. The maximum Gasteiger partial charge on any atom is 0.248 e. The molecule has 2 aromatic rings. The average Bonchev–Trinajstić information content (AvgIpc) is 3.07. The Morgan fingerprint density at radius 2 is 1.94 bits per heavy atom. The zero-order valence-electron chi connectivity index (χ0n) is 18.2. The lowest BCUT2D eigenvalue weighted by Gasteiger charge is -2.44. The maximum absolute atomic E-state index is 13.1. The van der Waals surface area contributed by atoms with E-state index in [1.54, 1.807) is 25.6 Å². The van der Waals surface area contributed by atoms with Gasteiger partial charge in [0.05, 0.1) is 18.3 Å². The van der Waals surface area contributed by atoms with E-state index < -0.39 is 5.60 Å². The topological polar surface area (TPSA) is 91.6 Å². The molecule has 3 fully saturated rings. The first kappa shape index (κ1) is 20.7. The van der Waals surface area contributed by atoms with Crippen LogP contribution in [0.25, 0.3) is 0 Å². The zero-order valence-corrected chi connectivity index (χ0v) is 18.2. The van der Waals surface area contributed by atoms with Gasteiger partial charge in [-0.25, -0.2) is 9.97 Å². The Balaban J connectivity index is 1.22. The quantitative estimate of drug-likeness (QED) is 0.691. The Morgan fingerprint density at radius 3 is 2.47 bits per heavy atom. The van der Waals surface area contributed by atoms with Gasteiger partial charge in [0.15, 0.2) is 0 Å². The summed E-state index contributed by atoms with van der Waals surface area (Å²) >= 11 is 0. The number of fused-ring (bicyclic) bond motifs is 2. The summed E-state index contributed by atoms with van der Waals surface area (Å²) in [5.74, 6) is 1.51. The number of hydrogen-bond acceptors (Lipinski definition) is 7. The first-order valence-electron chi connectivity index (χ1n) is 11.2. The number of hydrogen-bond donors (Lipinski definition) is 0. The van der Waals surface area contributed by atoms with Gasteiger partial charge in [0.25, 0.3) is 0 Å². The van der Waals surface area contributed by atoms with E-state index in [0.717, 1.165) is 43.5 Å². The van der Waals surface area contributed by atoms with Crippen LogP contribution in [0.4, 0.5) is 5.82 Å². The molecule has 8 nitrogen and oxygen atoms in total. The number of likely N-dealkylation sites (tertiary alicyclic amines) is 1. The summed E-state index contributed by atoms with van der Waals surface area (Å²) in [5, 5.41) is 9.01. The van der Waals surface area contributed by atoms with Crippen LogP contribution in [0, 0.1) is 11.3 Å². The Morgan fingerprint density at radius 1 is 1.16 bits per heavy atom. The molecule has 32 heavy (non-hydrogen) atoms. The Hall–Kier alpha value is -3.18. The van der Waals surface area contributed by atoms with Gasteiger partial charge in [0, 0.05) is 49.2 Å². The first-order chi connectivity index (χ1) is 15.6. The van der Waals surface area contributed by atoms with Gasteiger partial charge in [0.1, 0.15) is 18.5 Å². The molecule has 2 bridgehead atoms. The fourth-order valence-electron chi connectivity index (χ4n) is 5.16. The molecule has 4 heterocycles. The number of nitriles is 1. The first-order valence-corrected chi connectivity index (χ1v) is 11.2. The van der Waals surface area contributed by atoms with Crippen molar-refractivity contribution in [2.45, 2.75) is 49.8 Å². The monoisotopic (exact) mass is 433 g/mol. The van der Waals surface area contributed by atoms with Crippen molar-refractivity contribution in [2.24, 2.45) is 0 Å². The van der Waals surface area contributed by atoms with Gasteiger partial charge in [0.2, 0.25) is 11.8 Å². The zero-order chi connectivity index (χ0) is 22.1. The molecule has 0 N–H and O–H groups in total. The Bertz CT molecular complexity index is 999. The van der Waals surface area contributed by atoms with Crippen molar-refractivity contribution in [3.05, 3.63) is 47.8 Å². The third kappa shape index (κ3) is 3.67. The summed E-state index contributed by atoms with van der Waals surface area (Å²) < 4.78 is 11.4. The lowest BCUT2D eigenvalue weighted by atomic mass is 9.75. The van der Waals surface area contributed by atoms with E-state index in [9.17, 15) is 4.79 Å². The number of carbonyl (C=O) groups excluding carboxylic acids is 1. The summed E-state index contributed by atoms with van der Waals surface area (Å²) in [7, 11) is 1.60. The number of amides is 1. The van der Waals surface area contributed by atoms with Gasteiger partial charge < -0.3 is 19.3 Å². The van der Waals surface area contributed by atoms with Crippen molar-refractivity contribution < 1.29 is 14.3 Å². The van der Waals surface area contributed by atoms with Gasteiger partial charge in [-0.2, -0.15) is 5.26 Å². The molecule has 0 spiro atoms. The molecule has 3 aliphatic rings. The third-order valence-electron chi connectivity index (χ3n) is 7.08. The van der Waals surface area contributed by atoms with E-state index in [4.69, 9.17) is 14.7 Å². The Labute approximate surface area is 187 Å². The van der Waals surface area contributed by atoms with Crippen molar-refractivity contribution in [3.63, 3.8) is 0 Å². The molecule has 2 saturated heterocycles. The number of aromatic nitrogens is 2. The average molecular weight is 434 g/mol.